The molecule has 0 bridgehead atoms. The van der Waals surface area contributed by atoms with Crippen molar-refractivity contribution in [3.63, 3.8) is 0 Å². The van der Waals surface area contributed by atoms with E-state index in [1.807, 2.05) is 52.5 Å². The number of carbonyl (C=O) groups excluding carboxylic acids is 1. The molecule has 0 fully saturated rings. The predicted molar refractivity (Wildman–Crippen MR) is 76.8 cm³/mol. The van der Waals surface area contributed by atoms with E-state index in [-0.39, 0.29) is 0 Å². The number of anilines is 1. The van der Waals surface area contributed by atoms with Gasteiger partial charge < -0.3 is 4.90 Å². The van der Waals surface area contributed by atoms with Crippen LogP contribution in [-0.4, -0.2) is 41.3 Å². The van der Waals surface area contributed by atoms with Crippen molar-refractivity contribution >= 4 is 29.5 Å². The highest BCUT2D eigenvalue weighted by atomic mass is 32.2. The van der Waals surface area contributed by atoms with Crippen molar-refractivity contribution in [2.75, 3.05) is 30.5 Å². The van der Waals surface area contributed by atoms with Crippen LogP contribution in [0.4, 0.5) is 5.82 Å². The molecule has 2 heterocycles. The first-order chi connectivity index (χ1) is 8.77. The molecule has 0 saturated heterocycles. The van der Waals surface area contributed by atoms with E-state index in [0.29, 0.717) is 5.69 Å². The second kappa shape index (κ2) is 5.91. The summed E-state index contributed by atoms with van der Waals surface area (Å²) in [5.41, 5.74) is 1.43. The molecule has 0 spiro atoms. The van der Waals surface area contributed by atoms with Gasteiger partial charge in [0, 0.05) is 19.8 Å². The first-order valence-corrected chi connectivity index (χ1v) is 7.29. The van der Waals surface area contributed by atoms with Gasteiger partial charge >= 0.3 is 0 Å². The summed E-state index contributed by atoms with van der Waals surface area (Å²) in [5, 5.41) is 0. The standard InChI is InChI=1S/C13H17N3OS/c1-15(7-5-9-18-2)13-11(10-17)16-8-4-3-6-12(16)14-13/h3-4,6,8,10H,5,7,9H2,1-2H3. The van der Waals surface area contributed by atoms with Gasteiger partial charge in [0.1, 0.15) is 11.3 Å². The number of fused-ring (bicyclic) bond motifs is 1. The second-order valence-electron chi connectivity index (χ2n) is 4.14. The topological polar surface area (TPSA) is 37.6 Å². The molecule has 2 aromatic heterocycles. The molecule has 0 aliphatic rings. The fourth-order valence-corrected chi connectivity index (χ4v) is 2.36. The lowest BCUT2D eigenvalue weighted by molar-refractivity contribution is 0.111. The summed E-state index contributed by atoms with van der Waals surface area (Å²) in [5.74, 6) is 1.88. The van der Waals surface area contributed by atoms with E-state index >= 15 is 0 Å². The van der Waals surface area contributed by atoms with Crippen LogP contribution in [0.5, 0.6) is 0 Å². The number of rotatable bonds is 6. The summed E-state index contributed by atoms with van der Waals surface area (Å²) in [6.07, 6.45) is 5.93. The third kappa shape index (κ3) is 2.51. The van der Waals surface area contributed by atoms with E-state index in [1.54, 1.807) is 0 Å². The number of thioether (sulfide) groups is 1. The smallest absolute Gasteiger partial charge is 0.170 e. The Hall–Kier alpha value is -1.49. The molecule has 0 N–H and O–H groups in total. The zero-order valence-corrected chi connectivity index (χ0v) is 11.5. The van der Waals surface area contributed by atoms with Gasteiger partial charge in [0.05, 0.1) is 0 Å². The quantitative estimate of drug-likeness (QED) is 0.592. The number of aldehydes is 1. The highest BCUT2D eigenvalue weighted by molar-refractivity contribution is 7.98. The SMILES string of the molecule is CSCCCN(C)c1nc2ccccn2c1C=O. The van der Waals surface area contributed by atoms with Crippen LogP contribution in [0.1, 0.15) is 16.9 Å². The van der Waals surface area contributed by atoms with Crippen molar-refractivity contribution in [1.29, 1.82) is 0 Å². The van der Waals surface area contributed by atoms with Gasteiger partial charge in [-0.25, -0.2) is 4.98 Å². The zero-order chi connectivity index (χ0) is 13.0. The molecule has 4 nitrogen and oxygen atoms in total. The number of hydrogen-bond donors (Lipinski definition) is 0. The Balaban J connectivity index is 2.29. The van der Waals surface area contributed by atoms with Gasteiger partial charge in [0.25, 0.3) is 0 Å². The summed E-state index contributed by atoms with van der Waals surface area (Å²) < 4.78 is 1.83. The van der Waals surface area contributed by atoms with Gasteiger partial charge in [0.15, 0.2) is 12.1 Å². The maximum Gasteiger partial charge on any atom is 0.170 e. The van der Waals surface area contributed by atoms with Gasteiger partial charge in [-0.2, -0.15) is 11.8 Å². The summed E-state index contributed by atoms with van der Waals surface area (Å²) in [7, 11) is 1.98. The normalized spacial score (nSPS) is 10.8. The first-order valence-electron chi connectivity index (χ1n) is 5.90. The Kier molecular flexibility index (Phi) is 4.25. The number of pyridine rings is 1. The van der Waals surface area contributed by atoms with Crippen LogP contribution in [0.15, 0.2) is 24.4 Å². The number of carbonyl (C=O) groups is 1. The molecule has 0 unspecified atom stereocenters. The number of hydrogen-bond acceptors (Lipinski definition) is 4. The fraction of sp³-hybridized carbons (Fsp3) is 0.385. The van der Waals surface area contributed by atoms with Crippen LogP contribution in [-0.2, 0) is 0 Å². The van der Waals surface area contributed by atoms with Crippen molar-refractivity contribution in [3.05, 3.63) is 30.1 Å². The van der Waals surface area contributed by atoms with Crippen LogP contribution < -0.4 is 4.90 Å². The Bertz CT molecular complexity index is 538. The van der Waals surface area contributed by atoms with E-state index in [4.69, 9.17) is 0 Å². The van der Waals surface area contributed by atoms with Gasteiger partial charge in [0.2, 0.25) is 0 Å². The van der Waals surface area contributed by atoms with E-state index in [0.717, 1.165) is 36.5 Å². The van der Waals surface area contributed by atoms with Crippen LogP contribution in [0.2, 0.25) is 0 Å². The van der Waals surface area contributed by atoms with Crippen molar-refractivity contribution in [2.24, 2.45) is 0 Å². The van der Waals surface area contributed by atoms with Crippen molar-refractivity contribution in [3.8, 4) is 0 Å². The number of aromatic nitrogens is 2. The molecule has 0 aliphatic heterocycles. The molecule has 5 heteroatoms. The lowest BCUT2D eigenvalue weighted by Gasteiger charge is -2.16. The molecule has 0 aromatic carbocycles. The van der Waals surface area contributed by atoms with E-state index in [9.17, 15) is 4.79 Å². The summed E-state index contributed by atoms with van der Waals surface area (Å²) in [6.45, 7) is 0.908. The third-order valence-electron chi connectivity index (χ3n) is 2.86. The Morgan fingerprint density at radius 2 is 2.33 bits per heavy atom. The highest BCUT2D eigenvalue weighted by Gasteiger charge is 2.14. The summed E-state index contributed by atoms with van der Waals surface area (Å²) in [6, 6.07) is 5.74. The van der Waals surface area contributed by atoms with Gasteiger partial charge in [-0.1, -0.05) is 6.07 Å². The average molecular weight is 263 g/mol. The highest BCUT2D eigenvalue weighted by Crippen LogP contribution is 2.19. The predicted octanol–water partition coefficient (Wildman–Crippen LogP) is 2.34. The minimum Gasteiger partial charge on any atom is -0.358 e. The molecule has 0 aliphatic carbocycles. The first kappa shape index (κ1) is 13.0. The van der Waals surface area contributed by atoms with Gasteiger partial charge in [-0.15, -0.1) is 0 Å². The molecule has 2 aromatic rings. The molecule has 96 valence electrons. The Morgan fingerprint density at radius 3 is 3.06 bits per heavy atom. The monoisotopic (exact) mass is 263 g/mol. The third-order valence-corrected chi connectivity index (χ3v) is 3.56. The van der Waals surface area contributed by atoms with Crippen LogP contribution in [0.3, 0.4) is 0 Å². The number of nitrogens with zero attached hydrogens (tertiary/aromatic N) is 3. The van der Waals surface area contributed by atoms with E-state index in [2.05, 4.69) is 11.2 Å². The fourth-order valence-electron chi connectivity index (χ4n) is 1.94. The molecule has 2 rings (SSSR count). The maximum atomic E-state index is 11.2. The lowest BCUT2D eigenvalue weighted by Crippen LogP contribution is -2.20. The Labute approximate surface area is 111 Å². The molecule has 0 amide bonds. The number of imidazole rings is 1. The molecule has 18 heavy (non-hydrogen) atoms. The molecule has 0 radical (unpaired) electrons. The van der Waals surface area contributed by atoms with E-state index < -0.39 is 0 Å². The largest absolute Gasteiger partial charge is 0.358 e. The van der Waals surface area contributed by atoms with Crippen molar-refractivity contribution in [2.45, 2.75) is 6.42 Å². The van der Waals surface area contributed by atoms with Gasteiger partial charge in [-0.05, 0) is 30.6 Å². The van der Waals surface area contributed by atoms with Gasteiger partial charge in [-0.3, -0.25) is 9.20 Å². The average Bonchev–Trinajstić information content (AvgIpc) is 2.77. The van der Waals surface area contributed by atoms with Crippen LogP contribution >= 0.6 is 11.8 Å². The Morgan fingerprint density at radius 1 is 1.50 bits per heavy atom. The summed E-state index contributed by atoms with van der Waals surface area (Å²) in [4.78, 5) is 17.8. The molecular formula is C13H17N3OS. The molecule has 0 saturated carbocycles. The maximum absolute atomic E-state index is 11.2. The minimum atomic E-state index is 0.622. The van der Waals surface area contributed by atoms with Crippen LogP contribution in [0.25, 0.3) is 5.65 Å². The minimum absolute atomic E-state index is 0.622. The van der Waals surface area contributed by atoms with Crippen molar-refractivity contribution < 1.29 is 4.79 Å². The zero-order valence-electron chi connectivity index (χ0n) is 10.7. The second-order valence-corrected chi connectivity index (χ2v) is 5.12. The van der Waals surface area contributed by atoms with Crippen molar-refractivity contribution in [1.82, 2.24) is 9.38 Å². The van der Waals surface area contributed by atoms with Crippen LogP contribution in [0, 0.1) is 0 Å². The molecule has 0 atom stereocenters. The van der Waals surface area contributed by atoms with E-state index in [1.165, 1.54) is 0 Å². The molecular weight excluding hydrogens is 246 g/mol. The lowest BCUT2D eigenvalue weighted by atomic mass is 10.4. The summed E-state index contributed by atoms with van der Waals surface area (Å²) >= 11 is 1.83.